The molecule has 2 N–H and O–H groups in total. The van der Waals surface area contributed by atoms with Crippen molar-refractivity contribution in [3.63, 3.8) is 0 Å². The number of aryl methyl sites for hydroxylation is 2. The van der Waals surface area contributed by atoms with E-state index < -0.39 is 0 Å². The maximum atomic E-state index is 10.3. The van der Waals surface area contributed by atoms with Crippen LogP contribution in [0.3, 0.4) is 0 Å². The summed E-state index contributed by atoms with van der Waals surface area (Å²) in [6.45, 7) is 6.34. The highest BCUT2D eigenvalue weighted by molar-refractivity contribution is 7.11. The molecule has 1 aliphatic rings. The van der Waals surface area contributed by atoms with Crippen molar-refractivity contribution in [1.29, 1.82) is 5.41 Å². The lowest BCUT2D eigenvalue weighted by Crippen LogP contribution is -2.27. The van der Waals surface area contributed by atoms with E-state index in [1.807, 2.05) is 36.3 Å². The van der Waals surface area contributed by atoms with Gasteiger partial charge in [-0.2, -0.15) is 0 Å². The number of thiazole rings is 1. The number of benzene rings is 1. The van der Waals surface area contributed by atoms with Gasteiger partial charge >= 0.3 is 0 Å². The molecule has 0 saturated heterocycles. The predicted molar refractivity (Wildman–Crippen MR) is 87.4 cm³/mol. The lowest BCUT2D eigenvalue weighted by Gasteiger charge is -2.21. The van der Waals surface area contributed by atoms with E-state index in [4.69, 9.17) is 5.41 Å². The van der Waals surface area contributed by atoms with E-state index in [1.165, 1.54) is 16.9 Å². The third-order valence-electron chi connectivity index (χ3n) is 3.80. The van der Waals surface area contributed by atoms with Gasteiger partial charge in [-0.25, -0.2) is 4.98 Å². The second-order valence-electron chi connectivity index (χ2n) is 5.27. The number of amidine groups is 1. The van der Waals surface area contributed by atoms with E-state index in [2.05, 4.69) is 18.0 Å². The number of nitrogens with zero attached hydrogens (tertiary/aromatic N) is 2. The van der Waals surface area contributed by atoms with E-state index in [9.17, 15) is 5.11 Å². The van der Waals surface area contributed by atoms with Gasteiger partial charge in [0.25, 0.3) is 0 Å². The Morgan fingerprint density at radius 2 is 2.05 bits per heavy atom. The van der Waals surface area contributed by atoms with Crippen LogP contribution in [0.15, 0.2) is 29.3 Å². The van der Waals surface area contributed by atoms with Crippen LogP contribution >= 0.6 is 11.3 Å². The van der Waals surface area contributed by atoms with E-state index in [-0.39, 0.29) is 5.76 Å². The molecule has 0 amide bonds. The van der Waals surface area contributed by atoms with Crippen LogP contribution in [-0.2, 0) is 0 Å². The Labute approximate surface area is 127 Å². The van der Waals surface area contributed by atoms with Crippen molar-refractivity contribution >= 4 is 28.4 Å². The Kier molecular flexibility index (Phi) is 3.29. The van der Waals surface area contributed by atoms with Crippen LogP contribution in [0.25, 0.3) is 5.57 Å². The highest BCUT2D eigenvalue weighted by Gasteiger charge is 2.31. The molecule has 0 saturated carbocycles. The standard InChI is InChI=1S/C16H17N3OS/c1-9-5-4-6-12(11(9)3)19-7-13(20)14(15(19)17)16-18-10(2)8-21-16/h4-6,8,17,20H,7H2,1-3H3. The highest BCUT2D eigenvalue weighted by Crippen LogP contribution is 2.34. The molecule has 4 nitrogen and oxygen atoms in total. The predicted octanol–water partition coefficient (Wildman–Crippen LogP) is 3.83. The van der Waals surface area contributed by atoms with Crippen molar-refractivity contribution in [3.05, 3.63) is 51.2 Å². The Balaban J connectivity index is 2.00. The molecule has 2 heterocycles. The minimum absolute atomic E-state index is 0.218. The molecule has 3 rings (SSSR count). The van der Waals surface area contributed by atoms with Gasteiger partial charge in [0.1, 0.15) is 16.6 Å². The summed E-state index contributed by atoms with van der Waals surface area (Å²) in [5, 5.41) is 21.3. The number of aliphatic hydroxyl groups is 1. The summed E-state index contributed by atoms with van der Waals surface area (Å²) in [7, 11) is 0. The minimum Gasteiger partial charge on any atom is -0.510 e. The molecule has 0 fully saturated rings. The van der Waals surface area contributed by atoms with Crippen molar-refractivity contribution < 1.29 is 5.11 Å². The van der Waals surface area contributed by atoms with Crippen molar-refractivity contribution in [1.82, 2.24) is 4.98 Å². The fraction of sp³-hybridized carbons (Fsp3) is 0.250. The summed E-state index contributed by atoms with van der Waals surface area (Å²) < 4.78 is 0. The molecule has 5 heteroatoms. The average molecular weight is 299 g/mol. The molecule has 108 valence electrons. The van der Waals surface area contributed by atoms with Crippen LogP contribution in [-0.4, -0.2) is 22.5 Å². The maximum Gasteiger partial charge on any atom is 0.139 e. The molecule has 2 aromatic rings. The third-order valence-corrected chi connectivity index (χ3v) is 4.78. The first-order valence-corrected chi connectivity index (χ1v) is 7.64. The number of rotatable bonds is 2. The number of anilines is 1. The van der Waals surface area contributed by atoms with E-state index in [1.54, 1.807) is 0 Å². The van der Waals surface area contributed by atoms with E-state index in [0.717, 1.165) is 16.9 Å². The molecule has 1 aromatic carbocycles. The van der Waals surface area contributed by atoms with Crippen molar-refractivity contribution in [2.45, 2.75) is 20.8 Å². The van der Waals surface area contributed by atoms with Crippen LogP contribution in [0, 0.1) is 26.2 Å². The number of aliphatic hydroxyl groups excluding tert-OH is 1. The van der Waals surface area contributed by atoms with Gasteiger partial charge in [0.2, 0.25) is 0 Å². The van der Waals surface area contributed by atoms with E-state index >= 15 is 0 Å². The summed E-state index contributed by atoms with van der Waals surface area (Å²) in [6.07, 6.45) is 0. The largest absolute Gasteiger partial charge is 0.510 e. The SMILES string of the molecule is Cc1csc(C2=C(O)CN(c3cccc(C)c3C)C2=N)n1. The molecule has 0 aliphatic carbocycles. The van der Waals surface area contributed by atoms with E-state index in [0.29, 0.717) is 23.0 Å². The first kappa shape index (κ1) is 13.8. The maximum absolute atomic E-state index is 10.3. The van der Waals surface area contributed by atoms with Crippen molar-refractivity contribution in [2.75, 3.05) is 11.4 Å². The number of aromatic nitrogens is 1. The van der Waals surface area contributed by atoms with Crippen LogP contribution in [0.4, 0.5) is 5.69 Å². The summed E-state index contributed by atoms with van der Waals surface area (Å²) in [6, 6.07) is 6.02. The quantitative estimate of drug-likeness (QED) is 0.886. The van der Waals surface area contributed by atoms with Gasteiger partial charge in [-0.05, 0) is 38.0 Å². The Bertz CT molecular complexity index is 761. The smallest absolute Gasteiger partial charge is 0.139 e. The van der Waals surface area contributed by atoms with Crippen LogP contribution in [0.2, 0.25) is 0 Å². The molecular weight excluding hydrogens is 282 g/mol. The van der Waals surface area contributed by atoms with Crippen molar-refractivity contribution in [3.8, 4) is 0 Å². The summed E-state index contributed by atoms with van der Waals surface area (Å²) in [5.74, 6) is 0.533. The van der Waals surface area contributed by atoms with Gasteiger partial charge in [0.15, 0.2) is 0 Å². The zero-order chi connectivity index (χ0) is 15.1. The zero-order valence-corrected chi connectivity index (χ0v) is 13.1. The number of hydrogen-bond donors (Lipinski definition) is 2. The van der Waals surface area contributed by atoms with Gasteiger partial charge < -0.3 is 10.0 Å². The second kappa shape index (κ2) is 5.00. The van der Waals surface area contributed by atoms with Crippen LogP contribution < -0.4 is 4.90 Å². The summed E-state index contributed by atoms with van der Waals surface area (Å²) >= 11 is 1.46. The fourth-order valence-corrected chi connectivity index (χ4v) is 3.37. The topological polar surface area (TPSA) is 60.2 Å². The number of nitrogens with one attached hydrogen (secondary N) is 1. The fourth-order valence-electron chi connectivity index (χ4n) is 2.51. The molecule has 1 aromatic heterocycles. The zero-order valence-electron chi connectivity index (χ0n) is 12.3. The van der Waals surface area contributed by atoms with Gasteiger partial charge in [-0.15, -0.1) is 11.3 Å². The monoisotopic (exact) mass is 299 g/mol. The van der Waals surface area contributed by atoms with Crippen LogP contribution in [0.5, 0.6) is 0 Å². The minimum atomic E-state index is 0.218. The highest BCUT2D eigenvalue weighted by atomic mass is 32.1. The van der Waals surface area contributed by atoms with Gasteiger partial charge in [-0.3, -0.25) is 5.41 Å². The molecule has 1 aliphatic heterocycles. The molecule has 0 spiro atoms. The van der Waals surface area contributed by atoms with Crippen LogP contribution in [0.1, 0.15) is 21.8 Å². The lowest BCUT2D eigenvalue weighted by atomic mass is 10.1. The second-order valence-corrected chi connectivity index (χ2v) is 6.13. The van der Waals surface area contributed by atoms with Gasteiger partial charge in [0, 0.05) is 16.8 Å². The third kappa shape index (κ3) is 2.23. The summed E-state index contributed by atoms with van der Waals surface area (Å²) in [4.78, 5) is 6.23. The molecule has 0 radical (unpaired) electrons. The first-order chi connectivity index (χ1) is 9.99. The Morgan fingerprint density at radius 1 is 1.29 bits per heavy atom. The Morgan fingerprint density at radius 3 is 2.71 bits per heavy atom. The lowest BCUT2D eigenvalue weighted by molar-refractivity contribution is 0.411. The number of hydrogen-bond acceptors (Lipinski definition) is 4. The van der Waals surface area contributed by atoms with Gasteiger partial charge in [0.05, 0.1) is 12.1 Å². The van der Waals surface area contributed by atoms with Gasteiger partial charge in [-0.1, -0.05) is 12.1 Å². The summed E-state index contributed by atoms with van der Waals surface area (Å²) in [5.41, 5.74) is 4.74. The normalized spacial score (nSPS) is 15.2. The molecule has 0 bridgehead atoms. The molecular formula is C16H17N3OS. The average Bonchev–Trinajstić information content (AvgIpc) is 2.97. The first-order valence-electron chi connectivity index (χ1n) is 6.76. The van der Waals surface area contributed by atoms with Crippen molar-refractivity contribution in [2.24, 2.45) is 0 Å². The molecule has 0 unspecified atom stereocenters. The molecule has 0 atom stereocenters. The molecule has 21 heavy (non-hydrogen) atoms. The Hall–Kier alpha value is -2.14.